The van der Waals surface area contributed by atoms with Crippen LogP contribution in [-0.4, -0.2) is 18.0 Å². The molecule has 0 saturated carbocycles. The van der Waals surface area contributed by atoms with Gasteiger partial charge in [0, 0.05) is 10.4 Å². The summed E-state index contributed by atoms with van der Waals surface area (Å²) in [4.78, 5) is 17.1. The van der Waals surface area contributed by atoms with Crippen molar-refractivity contribution in [3.8, 4) is 17.1 Å². The molecule has 5 nitrogen and oxygen atoms in total. The number of carbonyl (C=O) groups excluding carboxylic acids is 1. The molecular weight excluding hydrogens is 300 g/mol. The molecule has 0 bridgehead atoms. The van der Waals surface area contributed by atoms with Gasteiger partial charge in [0.15, 0.2) is 5.76 Å². The Labute approximate surface area is 131 Å². The number of nitrogens with one attached hydrogen (secondary N) is 1. The Morgan fingerprint density at radius 2 is 2.14 bits per heavy atom. The molecule has 0 aliphatic carbocycles. The highest BCUT2D eigenvalue weighted by Crippen LogP contribution is 2.23. The van der Waals surface area contributed by atoms with Crippen LogP contribution in [-0.2, 0) is 6.54 Å². The third-order valence-corrected chi connectivity index (χ3v) is 3.95. The molecule has 6 heteroatoms. The Hall–Kier alpha value is -2.60. The largest absolute Gasteiger partial charge is 0.497 e. The highest BCUT2D eigenvalue weighted by Gasteiger charge is 2.14. The van der Waals surface area contributed by atoms with Gasteiger partial charge >= 0.3 is 5.91 Å². The van der Waals surface area contributed by atoms with E-state index in [2.05, 4.69) is 10.3 Å². The number of aromatic nitrogens is 1. The van der Waals surface area contributed by atoms with Crippen molar-refractivity contribution in [1.82, 2.24) is 10.3 Å². The van der Waals surface area contributed by atoms with Gasteiger partial charge < -0.3 is 14.5 Å². The van der Waals surface area contributed by atoms with E-state index in [0.717, 1.165) is 16.2 Å². The van der Waals surface area contributed by atoms with E-state index in [1.165, 1.54) is 0 Å². The second kappa shape index (κ2) is 6.44. The fourth-order valence-corrected chi connectivity index (χ4v) is 2.57. The molecule has 3 rings (SSSR count). The second-order valence-corrected chi connectivity index (χ2v) is 5.55. The van der Waals surface area contributed by atoms with Gasteiger partial charge in [-0.05, 0) is 35.7 Å². The van der Waals surface area contributed by atoms with Gasteiger partial charge in [-0.1, -0.05) is 6.07 Å². The molecule has 0 atom stereocenters. The highest BCUT2D eigenvalue weighted by molar-refractivity contribution is 7.09. The number of ether oxygens (including phenoxy) is 1. The molecule has 0 radical (unpaired) electrons. The van der Waals surface area contributed by atoms with Crippen LogP contribution in [0.4, 0.5) is 0 Å². The summed E-state index contributed by atoms with van der Waals surface area (Å²) in [7, 11) is 1.61. The molecule has 0 spiro atoms. The Kier molecular flexibility index (Phi) is 4.20. The lowest BCUT2D eigenvalue weighted by Gasteiger charge is -2.01. The summed E-state index contributed by atoms with van der Waals surface area (Å²) in [6.45, 7) is 0.469. The van der Waals surface area contributed by atoms with Crippen LogP contribution in [0.25, 0.3) is 11.3 Å². The van der Waals surface area contributed by atoms with E-state index in [9.17, 15) is 4.79 Å². The maximum Gasteiger partial charge on any atom is 0.307 e. The number of hydrogen-bond donors (Lipinski definition) is 1. The molecule has 1 N–H and O–H groups in total. The molecule has 0 unspecified atom stereocenters. The van der Waals surface area contributed by atoms with E-state index in [1.807, 2.05) is 41.8 Å². The number of nitrogens with zero attached hydrogens (tertiary/aromatic N) is 1. The first-order chi connectivity index (χ1) is 10.8. The summed E-state index contributed by atoms with van der Waals surface area (Å²) in [5.74, 6) is 1.04. The average Bonchev–Trinajstić information content (AvgIpc) is 3.24. The zero-order valence-electron chi connectivity index (χ0n) is 11.9. The number of benzene rings is 1. The SMILES string of the molecule is COc1ccc(-c2cnc(C(=O)NCc3cccs3)o2)cc1. The van der Waals surface area contributed by atoms with Gasteiger partial charge in [0.05, 0.1) is 19.9 Å². The van der Waals surface area contributed by atoms with E-state index >= 15 is 0 Å². The number of amides is 1. The smallest absolute Gasteiger partial charge is 0.307 e. The minimum Gasteiger partial charge on any atom is -0.497 e. The topological polar surface area (TPSA) is 64.4 Å². The molecule has 0 aliphatic rings. The molecule has 0 aliphatic heterocycles. The molecule has 22 heavy (non-hydrogen) atoms. The molecule has 1 amide bonds. The van der Waals surface area contributed by atoms with Crippen molar-refractivity contribution < 1.29 is 13.9 Å². The van der Waals surface area contributed by atoms with E-state index in [4.69, 9.17) is 9.15 Å². The minimum atomic E-state index is -0.326. The normalized spacial score (nSPS) is 10.4. The van der Waals surface area contributed by atoms with Crippen molar-refractivity contribution in [2.75, 3.05) is 7.11 Å². The van der Waals surface area contributed by atoms with Crippen molar-refractivity contribution in [2.24, 2.45) is 0 Å². The van der Waals surface area contributed by atoms with Gasteiger partial charge in [-0.3, -0.25) is 4.79 Å². The first-order valence-corrected chi connectivity index (χ1v) is 7.55. The minimum absolute atomic E-state index is 0.0578. The molecule has 0 fully saturated rings. The lowest BCUT2D eigenvalue weighted by molar-refractivity contribution is 0.0917. The number of hydrogen-bond acceptors (Lipinski definition) is 5. The van der Waals surface area contributed by atoms with E-state index in [0.29, 0.717) is 12.3 Å². The van der Waals surface area contributed by atoms with Crippen molar-refractivity contribution in [2.45, 2.75) is 6.54 Å². The van der Waals surface area contributed by atoms with Crippen LogP contribution in [0.1, 0.15) is 15.6 Å². The Morgan fingerprint density at radius 1 is 1.32 bits per heavy atom. The predicted octanol–water partition coefficient (Wildman–Crippen LogP) is 3.34. The van der Waals surface area contributed by atoms with Crippen LogP contribution in [0.15, 0.2) is 52.4 Å². The zero-order chi connectivity index (χ0) is 15.4. The molecule has 3 aromatic rings. The summed E-state index contributed by atoms with van der Waals surface area (Å²) >= 11 is 1.59. The summed E-state index contributed by atoms with van der Waals surface area (Å²) in [6.07, 6.45) is 1.54. The summed E-state index contributed by atoms with van der Waals surface area (Å²) < 4.78 is 10.6. The number of oxazole rings is 1. The maximum atomic E-state index is 12.0. The number of rotatable bonds is 5. The Bertz CT molecular complexity index is 748. The van der Waals surface area contributed by atoms with Crippen LogP contribution >= 0.6 is 11.3 Å². The van der Waals surface area contributed by atoms with E-state index in [-0.39, 0.29) is 11.8 Å². The van der Waals surface area contributed by atoms with Gasteiger partial charge in [0.1, 0.15) is 5.75 Å². The van der Waals surface area contributed by atoms with Crippen molar-refractivity contribution in [3.63, 3.8) is 0 Å². The maximum absolute atomic E-state index is 12.0. The molecule has 2 heterocycles. The molecule has 112 valence electrons. The van der Waals surface area contributed by atoms with Crippen molar-refractivity contribution >= 4 is 17.2 Å². The fraction of sp³-hybridized carbons (Fsp3) is 0.125. The third-order valence-electron chi connectivity index (χ3n) is 3.08. The number of carbonyl (C=O) groups is 1. The molecule has 2 aromatic heterocycles. The monoisotopic (exact) mass is 314 g/mol. The van der Waals surface area contributed by atoms with Gasteiger partial charge in [-0.2, -0.15) is 0 Å². The first-order valence-electron chi connectivity index (χ1n) is 6.67. The molecular formula is C16H14N2O3S. The zero-order valence-corrected chi connectivity index (χ0v) is 12.7. The Balaban J connectivity index is 1.68. The quantitative estimate of drug-likeness (QED) is 0.784. The summed E-state index contributed by atoms with van der Waals surface area (Å²) in [5, 5.41) is 4.75. The third kappa shape index (κ3) is 3.17. The van der Waals surface area contributed by atoms with E-state index in [1.54, 1.807) is 24.6 Å². The van der Waals surface area contributed by atoms with Crippen LogP contribution < -0.4 is 10.1 Å². The van der Waals surface area contributed by atoms with Crippen molar-refractivity contribution in [1.29, 1.82) is 0 Å². The summed E-state index contributed by atoms with van der Waals surface area (Å²) in [5.41, 5.74) is 0.839. The van der Waals surface area contributed by atoms with Crippen LogP contribution in [0.3, 0.4) is 0 Å². The summed E-state index contributed by atoms with van der Waals surface area (Å²) in [6, 6.07) is 11.3. The van der Waals surface area contributed by atoms with Gasteiger partial charge in [-0.15, -0.1) is 11.3 Å². The number of thiophene rings is 1. The first kappa shape index (κ1) is 14.3. The van der Waals surface area contributed by atoms with Crippen LogP contribution in [0, 0.1) is 0 Å². The molecule has 0 saturated heterocycles. The Morgan fingerprint density at radius 3 is 2.82 bits per heavy atom. The standard InChI is InChI=1S/C16H14N2O3S/c1-20-12-6-4-11(5-7-12)14-10-18-16(21-14)15(19)17-9-13-3-2-8-22-13/h2-8,10H,9H2,1H3,(H,17,19). The van der Waals surface area contributed by atoms with Crippen LogP contribution in [0.2, 0.25) is 0 Å². The van der Waals surface area contributed by atoms with Gasteiger partial charge in [-0.25, -0.2) is 4.98 Å². The average molecular weight is 314 g/mol. The highest BCUT2D eigenvalue weighted by atomic mass is 32.1. The van der Waals surface area contributed by atoms with E-state index < -0.39 is 0 Å². The lowest BCUT2D eigenvalue weighted by Crippen LogP contribution is -2.22. The second-order valence-electron chi connectivity index (χ2n) is 4.52. The predicted molar refractivity (Wildman–Crippen MR) is 84.0 cm³/mol. The van der Waals surface area contributed by atoms with Crippen molar-refractivity contribution in [3.05, 3.63) is 58.7 Å². The van der Waals surface area contributed by atoms with Gasteiger partial charge in [0.25, 0.3) is 5.89 Å². The van der Waals surface area contributed by atoms with Gasteiger partial charge in [0.2, 0.25) is 0 Å². The number of methoxy groups -OCH3 is 1. The lowest BCUT2D eigenvalue weighted by atomic mass is 10.2. The van der Waals surface area contributed by atoms with Crippen LogP contribution in [0.5, 0.6) is 5.75 Å². The molecule has 1 aromatic carbocycles. The fourth-order valence-electron chi connectivity index (χ4n) is 1.92.